The predicted molar refractivity (Wildman–Crippen MR) is 155 cm³/mol. The topological polar surface area (TPSA) is 120 Å². The minimum Gasteiger partial charge on any atom is -0.351 e. The van der Waals surface area contributed by atoms with Crippen LogP contribution in [0.5, 0.6) is 0 Å². The summed E-state index contributed by atoms with van der Waals surface area (Å²) < 4.78 is 0. The average molecular weight is 529 g/mol. The van der Waals surface area contributed by atoms with Gasteiger partial charge in [-0.3, -0.25) is 9.59 Å². The van der Waals surface area contributed by atoms with Crippen molar-refractivity contribution in [3.05, 3.63) is 66.0 Å². The summed E-state index contributed by atoms with van der Waals surface area (Å²) in [6.45, 7) is 14.1. The van der Waals surface area contributed by atoms with Crippen molar-refractivity contribution < 1.29 is 9.59 Å². The lowest BCUT2D eigenvalue weighted by molar-refractivity contribution is -0.127. The standard InChI is InChI=1S/C31H40N6O2/c1-7-26(18-20(2)22-8-12-25(13-9-22)29(39)37-31(4,5)6)35-30-34-19-21(3)27(36-30)23-10-14-24(15-11-23)28(38)33-17-16-32/h7,10-11,14-15,18-20,22,25H,1,8-9,12-13,17H2,2-6H3,(H,33,38)(H,37,39)(H,34,35,36)/b26-18+. The van der Waals surface area contributed by atoms with Crippen LogP contribution in [0.3, 0.4) is 0 Å². The van der Waals surface area contributed by atoms with Gasteiger partial charge in [0.25, 0.3) is 5.91 Å². The van der Waals surface area contributed by atoms with Crippen molar-refractivity contribution >= 4 is 17.8 Å². The lowest BCUT2D eigenvalue weighted by Crippen LogP contribution is -2.44. The van der Waals surface area contributed by atoms with Crippen LogP contribution in [-0.2, 0) is 4.79 Å². The van der Waals surface area contributed by atoms with Crippen LogP contribution in [0.1, 0.15) is 69.3 Å². The van der Waals surface area contributed by atoms with E-state index >= 15 is 0 Å². The van der Waals surface area contributed by atoms with Gasteiger partial charge < -0.3 is 16.0 Å². The van der Waals surface area contributed by atoms with Crippen molar-refractivity contribution in [2.45, 2.75) is 65.8 Å². The number of nitriles is 1. The summed E-state index contributed by atoms with van der Waals surface area (Å²) in [5.74, 6) is 1.24. The van der Waals surface area contributed by atoms with Gasteiger partial charge in [0, 0.05) is 34.5 Å². The Balaban J connectivity index is 1.66. The second-order valence-corrected chi connectivity index (χ2v) is 11.3. The molecule has 0 aliphatic heterocycles. The number of aryl methyl sites for hydroxylation is 1. The largest absolute Gasteiger partial charge is 0.351 e. The van der Waals surface area contributed by atoms with Crippen LogP contribution in [0.2, 0.25) is 0 Å². The Kier molecular flexibility index (Phi) is 10.00. The third-order valence-electron chi connectivity index (χ3n) is 7.02. The maximum atomic E-state index is 12.6. The fourth-order valence-electron chi connectivity index (χ4n) is 4.88. The van der Waals surface area contributed by atoms with Crippen LogP contribution < -0.4 is 16.0 Å². The fourth-order valence-corrected chi connectivity index (χ4v) is 4.88. The molecule has 1 fully saturated rings. The molecule has 1 aromatic carbocycles. The zero-order valence-corrected chi connectivity index (χ0v) is 23.7. The quantitative estimate of drug-likeness (QED) is 0.290. The highest BCUT2D eigenvalue weighted by molar-refractivity contribution is 5.94. The summed E-state index contributed by atoms with van der Waals surface area (Å²) in [6, 6.07) is 9.01. The van der Waals surface area contributed by atoms with Gasteiger partial charge >= 0.3 is 0 Å². The molecular formula is C31H40N6O2. The van der Waals surface area contributed by atoms with E-state index in [1.165, 1.54) is 0 Å². The Morgan fingerprint density at radius 3 is 2.44 bits per heavy atom. The number of carbonyl (C=O) groups excluding carboxylic acids is 2. The van der Waals surface area contributed by atoms with Gasteiger partial charge in [-0.15, -0.1) is 0 Å². The molecule has 1 unspecified atom stereocenters. The van der Waals surface area contributed by atoms with Crippen LogP contribution in [0.15, 0.2) is 54.9 Å². The van der Waals surface area contributed by atoms with Crippen molar-refractivity contribution in [2.24, 2.45) is 17.8 Å². The predicted octanol–water partition coefficient (Wildman–Crippen LogP) is 5.54. The first-order valence-electron chi connectivity index (χ1n) is 13.5. The molecule has 8 nitrogen and oxygen atoms in total. The van der Waals surface area contributed by atoms with Crippen LogP contribution in [0.25, 0.3) is 11.3 Å². The number of amides is 2. The van der Waals surface area contributed by atoms with Crippen molar-refractivity contribution in [3.63, 3.8) is 0 Å². The van der Waals surface area contributed by atoms with E-state index in [9.17, 15) is 9.59 Å². The summed E-state index contributed by atoms with van der Waals surface area (Å²) in [4.78, 5) is 33.9. The van der Waals surface area contributed by atoms with E-state index in [4.69, 9.17) is 10.2 Å². The highest BCUT2D eigenvalue weighted by atomic mass is 16.2. The van der Waals surface area contributed by atoms with E-state index in [2.05, 4.69) is 40.5 Å². The Morgan fingerprint density at radius 2 is 1.85 bits per heavy atom. The molecule has 0 saturated heterocycles. The zero-order valence-electron chi connectivity index (χ0n) is 23.7. The van der Waals surface area contributed by atoms with Gasteiger partial charge in [0.2, 0.25) is 11.9 Å². The Bertz CT molecular complexity index is 1250. The first kappa shape index (κ1) is 29.6. The lowest BCUT2D eigenvalue weighted by atomic mass is 9.75. The lowest BCUT2D eigenvalue weighted by Gasteiger charge is -2.32. The molecule has 1 heterocycles. The number of hydrogen-bond donors (Lipinski definition) is 3. The molecule has 0 spiro atoms. The van der Waals surface area contributed by atoms with Crippen molar-refractivity contribution in [1.29, 1.82) is 5.26 Å². The molecule has 8 heteroatoms. The van der Waals surface area contributed by atoms with Crippen molar-refractivity contribution in [3.8, 4) is 17.3 Å². The summed E-state index contributed by atoms with van der Waals surface area (Å²) in [5, 5.41) is 17.6. The SMILES string of the molecule is C=C/C(=C\C(C)C1CCC(C(=O)NC(C)(C)C)CC1)Nc1ncc(C)c(-c2ccc(C(=O)NCC#N)cc2)n1. The van der Waals surface area contributed by atoms with Gasteiger partial charge in [-0.25, -0.2) is 9.97 Å². The van der Waals surface area contributed by atoms with E-state index in [1.54, 1.807) is 24.4 Å². The van der Waals surface area contributed by atoms with Crippen molar-refractivity contribution in [2.75, 3.05) is 11.9 Å². The molecule has 1 saturated carbocycles. The van der Waals surface area contributed by atoms with Gasteiger partial charge in [-0.2, -0.15) is 5.26 Å². The number of benzene rings is 1. The molecule has 2 aromatic rings. The zero-order chi connectivity index (χ0) is 28.6. The molecule has 0 radical (unpaired) electrons. The third-order valence-corrected chi connectivity index (χ3v) is 7.02. The molecule has 1 atom stereocenters. The van der Waals surface area contributed by atoms with E-state index in [0.29, 0.717) is 23.3 Å². The molecule has 1 aliphatic carbocycles. The van der Waals surface area contributed by atoms with Gasteiger partial charge in [0.1, 0.15) is 6.54 Å². The number of carbonyl (C=O) groups is 2. The Morgan fingerprint density at radius 1 is 1.18 bits per heavy atom. The summed E-state index contributed by atoms with van der Waals surface area (Å²) in [6.07, 6.45) is 9.56. The van der Waals surface area contributed by atoms with Crippen molar-refractivity contribution in [1.82, 2.24) is 20.6 Å². The molecule has 1 aliphatic rings. The molecule has 3 rings (SSSR count). The number of nitrogens with one attached hydrogen (secondary N) is 3. The molecular weight excluding hydrogens is 488 g/mol. The second-order valence-electron chi connectivity index (χ2n) is 11.3. The molecule has 1 aromatic heterocycles. The maximum Gasteiger partial charge on any atom is 0.252 e. The van der Waals surface area contributed by atoms with Crippen LogP contribution in [-0.4, -0.2) is 33.9 Å². The van der Waals surface area contributed by atoms with Crippen LogP contribution >= 0.6 is 0 Å². The minimum absolute atomic E-state index is 0.0335. The smallest absolute Gasteiger partial charge is 0.252 e. The first-order chi connectivity index (χ1) is 18.5. The molecule has 206 valence electrons. The van der Waals surface area contributed by atoms with E-state index in [0.717, 1.165) is 48.2 Å². The van der Waals surface area contributed by atoms with Gasteiger partial charge in [-0.1, -0.05) is 31.7 Å². The van der Waals surface area contributed by atoms with E-state index < -0.39 is 0 Å². The number of anilines is 1. The van der Waals surface area contributed by atoms with E-state index in [1.807, 2.05) is 45.9 Å². The van der Waals surface area contributed by atoms with Gasteiger partial charge in [0.05, 0.1) is 11.8 Å². The summed E-state index contributed by atoms with van der Waals surface area (Å²) >= 11 is 0. The molecule has 0 bridgehead atoms. The number of nitrogens with zero attached hydrogens (tertiary/aromatic N) is 3. The minimum atomic E-state index is -0.290. The van der Waals surface area contributed by atoms with E-state index in [-0.39, 0.29) is 29.8 Å². The highest BCUT2D eigenvalue weighted by Gasteiger charge is 2.30. The average Bonchev–Trinajstić information content (AvgIpc) is 2.91. The fraction of sp³-hybridized carbons (Fsp3) is 0.452. The molecule has 39 heavy (non-hydrogen) atoms. The first-order valence-corrected chi connectivity index (χ1v) is 13.5. The number of rotatable bonds is 9. The molecule has 3 N–H and O–H groups in total. The summed E-state index contributed by atoms with van der Waals surface area (Å²) in [7, 11) is 0. The van der Waals surface area contributed by atoms with Gasteiger partial charge in [0.15, 0.2) is 0 Å². The summed E-state index contributed by atoms with van der Waals surface area (Å²) in [5.41, 5.74) is 3.65. The molecule has 2 amide bonds. The number of allylic oxidation sites excluding steroid dienone is 2. The normalized spacial score (nSPS) is 18.4. The highest BCUT2D eigenvalue weighted by Crippen LogP contribution is 2.35. The van der Waals surface area contributed by atoms with Crippen LogP contribution in [0, 0.1) is 36.0 Å². The number of aromatic nitrogens is 2. The Labute approximate surface area is 232 Å². The Hall–Kier alpha value is -3.99. The third kappa shape index (κ3) is 8.51. The maximum absolute atomic E-state index is 12.6. The monoisotopic (exact) mass is 528 g/mol. The van der Waals surface area contributed by atoms with Gasteiger partial charge in [-0.05, 0) is 89.0 Å². The second kappa shape index (κ2) is 13.2. The van der Waals surface area contributed by atoms with Crippen LogP contribution in [0.4, 0.5) is 5.95 Å². The number of hydrogen-bond acceptors (Lipinski definition) is 6.